The van der Waals surface area contributed by atoms with Gasteiger partial charge in [0.2, 0.25) is 0 Å². The van der Waals surface area contributed by atoms with Gasteiger partial charge in [-0.1, -0.05) is 0 Å². The van der Waals surface area contributed by atoms with Crippen molar-refractivity contribution >= 4 is 34.2 Å². The molecule has 0 saturated heterocycles. The predicted octanol–water partition coefficient (Wildman–Crippen LogP) is -0.236. The van der Waals surface area contributed by atoms with Crippen molar-refractivity contribution in [2.24, 2.45) is 0 Å². The molecule has 0 atom stereocenters. The van der Waals surface area contributed by atoms with Gasteiger partial charge in [0.25, 0.3) is 23.6 Å². The van der Waals surface area contributed by atoms with Gasteiger partial charge in [-0.25, -0.2) is 0 Å². The lowest BCUT2D eigenvalue weighted by Gasteiger charge is -2.36. The Labute approximate surface area is 135 Å². The number of carbonyl (C=O) groups is 4. The third kappa shape index (κ3) is 4.50. The quantitative estimate of drug-likeness (QED) is 0.566. The monoisotopic (exact) mass is 342 g/mol. The highest BCUT2D eigenvalue weighted by molar-refractivity contribution is 8.24. The number of rotatable bonds is 8. The lowest BCUT2D eigenvalue weighted by Crippen LogP contribution is -2.34. The Morgan fingerprint density at radius 1 is 0.739 bits per heavy atom. The van der Waals surface area contributed by atoms with Crippen molar-refractivity contribution in [3.8, 4) is 0 Å². The molecule has 0 fully saturated rings. The summed E-state index contributed by atoms with van der Waals surface area (Å²) in [5.74, 6) is -1.42. The van der Waals surface area contributed by atoms with Gasteiger partial charge in [-0.2, -0.15) is 10.6 Å². The van der Waals surface area contributed by atoms with Crippen LogP contribution in [0.4, 0.5) is 0 Å². The fourth-order valence-electron chi connectivity index (χ4n) is 2.00. The van der Waals surface area contributed by atoms with Gasteiger partial charge in [0.05, 0.1) is 26.3 Å². The maximum Gasteiger partial charge on any atom is 0.253 e. The molecule has 2 aliphatic heterocycles. The average Bonchev–Trinajstić information content (AvgIpc) is 2.96. The van der Waals surface area contributed by atoms with E-state index in [4.69, 9.17) is 8.37 Å². The average molecular weight is 342 g/mol. The van der Waals surface area contributed by atoms with Gasteiger partial charge < -0.3 is 0 Å². The maximum absolute atomic E-state index is 11.4. The number of nitrogens with zero attached hydrogens (tertiary/aromatic N) is 2. The minimum atomic E-state index is -1.87. The molecule has 126 valence electrons. The lowest BCUT2D eigenvalue weighted by molar-refractivity contribution is -0.138. The van der Waals surface area contributed by atoms with Crippen molar-refractivity contribution in [1.29, 1.82) is 0 Å². The second kappa shape index (κ2) is 7.07. The van der Waals surface area contributed by atoms with E-state index < -0.39 is 10.6 Å². The van der Waals surface area contributed by atoms with Crippen LogP contribution in [0.15, 0.2) is 24.3 Å². The molecule has 2 heterocycles. The highest BCUT2D eigenvalue weighted by Gasteiger charge is 2.25. The van der Waals surface area contributed by atoms with E-state index in [-0.39, 0.29) is 49.9 Å². The van der Waals surface area contributed by atoms with E-state index >= 15 is 0 Å². The first-order chi connectivity index (χ1) is 10.8. The number of imide groups is 2. The normalized spacial score (nSPS) is 18.7. The van der Waals surface area contributed by atoms with Gasteiger partial charge >= 0.3 is 0 Å². The van der Waals surface area contributed by atoms with Crippen LogP contribution in [0.2, 0.25) is 0 Å². The number of hydrogen-bond acceptors (Lipinski definition) is 6. The third-order valence-electron chi connectivity index (χ3n) is 3.17. The fraction of sp³-hybridized carbons (Fsp3) is 0.429. The molecule has 8 nitrogen and oxygen atoms in total. The van der Waals surface area contributed by atoms with Crippen LogP contribution in [-0.4, -0.2) is 72.2 Å². The zero-order valence-electron chi connectivity index (χ0n) is 12.9. The molecular weight excluding hydrogens is 324 g/mol. The predicted molar refractivity (Wildman–Crippen MR) is 83.1 cm³/mol. The van der Waals surface area contributed by atoms with Crippen molar-refractivity contribution in [2.45, 2.75) is 0 Å². The number of carbonyl (C=O) groups excluding carboxylic acids is 4. The molecule has 23 heavy (non-hydrogen) atoms. The van der Waals surface area contributed by atoms with Crippen LogP contribution in [0.1, 0.15) is 0 Å². The largest absolute Gasteiger partial charge is 0.283 e. The second-order valence-electron chi connectivity index (χ2n) is 5.11. The standard InChI is InChI=1S/C14H18N2O6S/c1-23(2,21-9-7-15-11(17)3-4-12(15)18)22-10-8-16-13(19)5-6-14(16)20/h3-6H,7-10H2,1-2H3. The van der Waals surface area contributed by atoms with Crippen molar-refractivity contribution in [3.63, 3.8) is 0 Å². The molecule has 2 rings (SSSR count). The van der Waals surface area contributed by atoms with E-state index in [0.717, 1.165) is 9.80 Å². The zero-order chi connectivity index (χ0) is 17.0. The van der Waals surface area contributed by atoms with Crippen LogP contribution < -0.4 is 0 Å². The highest BCUT2D eigenvalue weighted by Crippen LogP contribution is 2.42. The summed E-state index contributed by atoms with van der Waals surface area (Å²) in [6.45, 7) is 0.615. The first kappa shape index (κ1) is 17.4. The summed E-state index contributed by atoms with van der Waals surface area (Å²) in [6.07, 6.45) is 8.38. The van der Waals surface area contributed by atoms with Crippen molar-refractivity contribution < 1.29 is 27.5 Å². The Hall–Kier alpha value is -1.97. The van der Waals surface area contributed by atoms with Gasteiger partial charge in [-0.3, -0.25) is 37.3 Å². The molecule has 0 bridgehead atoms. The van der Waals surface area contributed by atoms with E-state index in [1.807, 2.05) is 0 Å². The Bertz CT molecular complexity index is 512. The van der Waals surface area contributed by atoms with Crippen LogP contribution in [-0.2, 0) is 27.5 Å². The molecule has 0 unspecified atom stereocenters. The summed E-state index contributed by atoms with van der Waals surface area (Å²) in [5, 5.41) is 0. The van der Waals surface area contributed by atoms with Gasteiger partial charge in [0, 0.05) is 36.8 Å². The van der Waals surface area contributed by atoms with E-state index in [2.05, 4.69) is 0 Å². The maximum atomic E-state index is 11.4. The van der Waals surface area contributed by atoms with Gasteiger partial charge in [-0.05, 0) is 0 Å². The van der Waals surface area contributed by atoms with Crippen LogP contribution in [0, 0.1) is 0 Å². The van der Waals surface area contributed by atoms with E-state index in [1.54, 1.807) is 12.5 Å². The first-order valence-corrected chi connectivity index (χ1v) is 9.19. The van der Waals surface area contributed by atoms with E-state index in [0.29, 0.717) is 0 Å². The minimum Gasteiger partial charge on any atom is -0.283 e. The Morgan fingerprint density at radius 3 is 1.35 bits per heavy atom. The minimum absolute atomic E-state index is 0.150. The van der Waals surface area contributed by atoms with Crippen molar-refractivity contribution in [2.75, 3.05) is 38.8 Å². The molecule has 0 aliphatic carbocycles. The molecule has 0 radical (unpaired) electrons. The molecule has 0 N–H and O–H groups in total. The van der Waals surface area contributed by atoms with Crippen LogP contribution in [0.5, 0.6) is 0 Å². The summed E-state index contributed by atoms with van der Waals surface area (Å²) in [7, 11) is -1.87. The molecular formula is C14H18N2O6S. The Kier molecular flexibility index (Phi) is 5.34. The number of amides is 4. The fourth-order valence-corrected chi connectivity index (χ4v) is 3.02. The van der Waals surface area contributed by atoms with Crippen LogP contribution in [0.25, 0.3) is 0 Å². The van der Waals surface area contributed by atoms with Crippen molar-refractivity contribution in [1.82, 2.24) is 9.80 Å². The smallest absolute Gasteiger partial charge is 0.253 e. The van der Waals surface area contributed by atoms with E-state index in [9.17, 15) is 19.2 Å². The van der Waals surface area contributed by atoms with Gasteiger partial charge in [-0.15, -0.1) is 0 Å². The zero-order valence-corrected chi connectivity index (χ0v) is 13.7. The molecule has 0 aromatic rings. The lowest BCUT2D eigenvalue weighted by atomic mass is 10.5. The summed E-state index contributed by atoms with van der Waals surface area (Å²) < 4.78 is 11.2. The summed E-state index contributed by atoms with van der Waals surface area (Å²) >= 11 is 0. The van der Waals surface area contributed by atoms with Gasteiger partial charge in [0.1, 0.15) is 0 Å². The highest BCUT2D eigenvalue weighted by atomic mass is 32.3. The number of hydrogen-bond donors (Lipinski definition) is 0. The van der Waals surface area contributed by atoms with Crippen LogP contribution in [0.3, 0.4) is 0 Å². The second-order valence-corrected chi connectivity index (χ2v) is 7.87. The van der Waals surface area contributed by atoms with Crippen molar-refractivity contribution in [3.05, 3.63) is 24.3 Å². The Balaban J connectivity index is 1.68. The molecule has 0 aromatic heterocycles. The van der Waals surface area contributed by atoms with Crippen LogP contribution >= 0.6 is 10.6 Å². The molecule has 2 aliphatic rings. The van der Waals surface area contributed by atoms with Gasteiger partial charge in [0.15, 0.2) is 0 Å². The summed E-state index contributed by atoms with van der Waals surface area (Å²) in [5.41, 5.74) is 0. The molecule has 4 amide bonds. The topological polar surface area (TPSA) is 93.2 Å². The SMILES string of the molecule is CS(C)(OCCN1C(=O)C=CC1=O)OCCN1C(=O)C=CC1=O. The molecule has 0 spiro atoms. The third-order valence-corrected chi connectivity index (χ3v) is 4.63. The van der Waals surface area contributed by atoms with E-state index in [1.165, 1.54) is 24.3 Å². The molecule has 0 saturated carbocycles. The Morgan fingerprint density at radius 2 is 1.04 bits per heavy atom. The summed E-state index contributed by atoms with van der Waals surface area (Å²) in [4.78, 5) is 47.7. The summed E-state index contributed by atoms with van der Waals surface area (Å²) in [6, 6.07) is 0. The molecule has 9 heteroatoms. The first-order valence-electron chi connectivity index (χ1n) is 6.89. The molecule has 0 aromatic carbocycles.